The van der Waals surface area contributed by atoms with Crippen LogP contribution in [-0.2, 0) is 11.6 Å². The number of alkyl halides is 3. The van der Waals surface area contributed by atoms with Gasteiger partial charge in [0.05, 0.1) is 11.3 Å². The molecule has 1 N–H and O–H groups in total. The molecule has 4 aromatic rings. The van der Waals surface area contributed by atoms with Gasteiger partial charge in [-0.2, -0.15) is 18.2 Å². The largest absolute Gasteiger partial charge is 0.471 e. The first-order valence-electron chi connectivity index (χ1n) is 11.7. The van der Waals surface area contributed by atoms with Gasteiger partial charge in [-0.25, -0.2) is 4.98 Å². The first kappa shape index (κ1) is 26.3. The van der Waals surface area contributed by atoms with Crippen molar-refractivity contribution in [3.05, 3.63) is 70.3 Å². The predicted molar refractivity (Wildman–Crippen MR) is 136 cm³/mol. The zero-order chi connectivity index (χ0) is 26.9. The molecule has 0 bridgehead atoms. The number of aromatic nitrogens is 4. The molecule has 8 nitrogen and oxygen atoms in total. The molecule has 1 amide bonds. The monoisotopic (exact) mass is 562 g/mol. The van der Waals surface area contributed by atoms with Crippen LogP contribution in [0, 0.1) is 0 Å². The van der Waals surface area contributed by atoms with Crippen LogP contribution >= 0.6 is 22.9 Å². The lowest BCUT2D eigenvalue weighted by Crippen LogP contribution is -2.48. The van der Waals surface area contributed by atoms with Gasteiger partial charge in [-0.3, -0.25) is 9.78 Å². The fourth-order valence-corrected chi connectivity index (χ4v) is 5.38. The SMILES string of the molecule is CN1CCC(CNC(=O)c2cncc(-c3noc(C(F)(F)F)n3)c2)(c2csc(-c3ccc(Cl)cc3)n2)CC1. The number of likely N-dealkylation sites (tertiary alicyclic amines) is 1. The van der Waals surface area contributed by atoms with Crippen molar-refractivity contribution in [3.63, 3.8) is 0 Å². The van der Waals surface area contributed by atoms with E-state index in [1.165, 1.54) is 18.5 Å². The number of nitrogens with zero attached hydrogens (tertiary/aromatic N) is 5. The average molecular weight is 563 g/mol. The molecule has 1 aliphatic rings. The number of hydrogen-bond acceptors (Lipinski definition) is 8. The second kappa shape index (κ2) is 10.4. The van der Waals surface area contributed by atoms with Gasteiger partial charge in [-0.1, -0.05) is 28.9 Å². The summed E-state index contributed by atoms with van der Waals surface area (Å²) in [5, 5.41) is 9.92. The highest BCUT2D eigenvalue weighted by atomic mass is 35.5. The Morgan fingerprint density at radius 2 is 1.89 bits per heavy atom. The van der Waals surface area contributed by atoms with Crippen LogP contribution in [0.15, 0.2) is 52.6 Å². The summed E-state index contributed by atoms with van der Waals surface area (Å²) in [7, 11) is 2.06. The lowest BCUT2D eigenvalue weighted by atomic mass is 9.76. The summed E-state index contributed by atoms with van der Waals surface area (Å²) in [4.78, 5) is 27.6. The molecule has 1 aromatic carbocycles. The van der Waals surface area contributed by atoms with Crippen molar-refractivity contribution < 1.29 is 22.5 Å². The van der Waals surface area contributed by atoms with Crippen LogP contribution in [0.25, 0.3) is 22.0 Å². The van der Waals surface area contributed by atoms with Gasteiger partial charge in [0, 0.05) is 45.9 Å². The standard InChI is InChI=1S/C25H22ClF3N6O2S/c1-35-8-6-24(7-9-35,19-13-38-22(32-19)15-2-4-18(26)5-3-15)14-31-21(36)17-10-16(11-30-12-17)20-33-23(37-34-20)25(27,28)29/h2-5,10-13H,6-9,14H2,1H3,(H,31,36). The predicted octanol–water partition coefficient (Wildman–Crippen LogP) is 5.32. The summed E-state index contributed by atoms with van der Waals surface area (Å²) in [6, 6.07) is 8.88. The number of nitrogens with one attached hydrogen (secondary N) is 1. The number of amides is 1. The molecule has 0 radical (unpaired) electrons. The molecule has 3 aromatic heterocycles. The van der Waals surface area contributed by atoms with Crippen molar-refractivity contribution >= 4 is 28.8 Å². The second-order valence-corrected chi connectivity index (χ2v) is 10.5. The smallest absolute Gasteiger partial charge is 0.351 e. The molecule has 0 aliphatic carbocycles. The van der Waals surface area contributed by atoms with Crippen molar-refractivity contribution in [2.75, 3.05) is 26.7 Å². The van der Waals surface area contributed by atoms with Crippen molar-refractivity contribution in [1.29, 1.82) is 0 Å². The van der Waals surface area contributed by atoms with Crippen LogP contribution in [0.4, 0.5) is 13.2 Å². The molecule has 5 rings (SSSR count). The van der Waals surface area contributed by atoms with Gasteiger partial charge in [0.15, 0.2) is 0 Å². The third kappa shape index (κ3) is 5.57. The summed E-state index contributed by atoms with van der Waals surface area (Å²) in [6.07, 6.45) is -0.552. The number of piperidine rings is 1. The van der Waals surface area contributed by atoms with Crippen LogP contribution in [0.1, 0.15) is 34.8 Å². The average Bonchev–Trinajstić information content (AvgIpc) is 3.60. The van der Waals surface area contributed by atoms with Crippen LogP contribution in [0.5, 0.6) is 0 Å². The Morgan fingerprint density at radius 3 is 2.58 bits per heavy atom. The van der Waals surface area contributed by atoms with E-state index in [2.05, 4.69) is 36.9 Å². The highest BCUT2D eigenvalue weighted by Gasteiger charge is 2.39. The molecular weight excluding hydrogens is 541 g/mol. The Hall–Kier alpha value is -3.35. The molecule has 38 heavy (non-hydrogen) atoms. The highest BCUT2D eigenvalue weighted by molar-refractivity contribution is 7.13. The van der Waals surface area contributed by atoms with E-state index in [-0.39, 0.29) is 22.4 Å². The number of benzene rings is 1. The Bertz CT molecular complexity index is 1430. The molecule has 1 fully saturated rings. The molecular formula is C25H22ClF3N6O2S. The number of halogens is 4. The summed E-state index contributed by atoms with van der Waals surface area (Å²) in [5.74, 6) is -2.18. The van der Waals surface area contributed by atoms with Gasteiger partial charge in [-0.05, 0) is 51.2 Å². The number of carbonyl (C=O) groups is 1. The van der Waals surface area contributed by atoms with Crippen LogP contribution in [0.2, 0.25) is 5.02 Å². The quantitative estimate of drug-likeness (QED) is 0.340. The van der Waals surface area contributed by atoms with E-state index in [1.807, 2.05) is 29.6 Å². The third-order valence-electron chi connectivity index (χ3n) is 6.60. The highest BCUT2D eigenvalue weighted by Crippen LogP contribution is 2.38. The fourth-order valence-electron chi connectivity index (χ4n) is 4.31. The van der Waals surface area contributed by atoms with Gasteiger partial charge < -0.3 is 14.7 Å². The van der Waals surface area contributed by atoms with E-state index < -0.39 is 18.0 Å². The van der Waals surface area contributed by atoms with E-state index in [9.17, 15) is 18.0 Å². The minimum atomic E-state index is -4.76. The summed E-state index contributed by atoms with van der Waals surface area (Å²) in [6.45, 7) is 2.04. The number of thiazole rings is 1. The van der Waals surface area contributed by atoms with E-state index in [0.717, 1.165) is 42.2 Å². The summed E-state index contributed by atoms with van der Waals surface area (Å²) >= 11 is 7.57. The van der Waals surface area contributed by atoms with E-state index in [0.29, 0.717) is 11.6 Å². The molecule has 13 heteroatoms. The van der Waals surface area contributed by atoms with Crippen LogP contribution in [0.3, 0.4) is 0 Å². The Morgan fingerprint density at radius 1 is 1.16 bits per heavy atom. The molecule has 4 heterocycles. The van der Waals surface area contributed by atoms with E-state index >= 15 is 0 Å². The van der Waals surface area contributed by atoms with Crippen LogP contribution < -0.4 is 5.32 Å². The number of carbonyl (C=O) groups excluding carboxylic acids is 1. The number of pyridine rings is 1. The van der Waals surface area contributed by atoms with Crippen molar-refractivity contribution in [1.82, 2.24) is 30.3 Å². The first-order chi connectivity index (χ1) is 18.1. The molecule has 1 saturated heterocycles. The maximum Gasteiger partial charge on any atom is 0.471 e. The van der Waals surface area contributed by atoms with Crippen molar-refractivity contribution in [2.24, 2.45) is 0 Å². The van der Waals surface area contributed by atoms with Gasteiger partial charge in [0.1, 0.15) is 5.01 Å². The van der Waals surface area contributed by atoms with Crippen molar-refractivity contribution in [2.45, 2.75) is 24.4 Å². The zero-order valence-electron chi connectivity index (χ0n) is 20.1. The fraction of sp³-hybridized carbons (Fsp3) is 0.320. The minimum absolute atomic E-state index is 0.137. The summed E-state index contributed by atoms with van der Waals surface area (Å²) < 4.78 is 42.8. The molecule has 0 atom stereocenters. The normalized spacial score (nSPS) is 15.9. The molecule has 1 aliphatic heterocycles. The molecule has 0 saturated carbocycles. The van der Waals surface area contributed by atoms with Gasteiger partial charge >= 0.3 is 12.1 Å². The summed E-state index contributed by atoms with van der Waals surface area (Å²) in [5.41, 5.74) is 1.82. The maximum absolute atomic E-state index is 13.1. The Labute approximate surface area is 224 Å². The topological polar surface area (TPSA) is 97.0 Å². The second-order valence-electron chi connectivity index (χ2n) is 9.19. The minimum Gasteiger partial charge on any atom is -0.351 e. The number of rotatable bonds is 6. The van der Waals surface area contributed by atoms with E-state index in [1.54, 1.807) is 11.3 Å². The Balaban J connectivity index is 1.35. The van der Waals surface area contributed by atoms with Crippen LogP contribution in [-0.4, -0.2) is 57.6 Å². The van der Waals surface area contributed by atoms with Gasteiger partial charge in [-0.15, -0.1) is 11.3 Å². The van der Waals surface area contributed by atoms with Gasteiger partial charge in [0.25, 0.3) is 5.91 Å². The molecule has 198 valence electrons. The van der Waals surface area contributed by atoms with E-state index in [4.69, 9.17) is 16.6 Å². The molecule has 0 spiro atoms. The third-order valence-corrected chi connectivity index (χ3v) is 7.74. The first-order valence-corrected chi connectivity index (χ1v) is 12.9. The Kier molecular flexibility index (Phi) is 7.21. The van der Waals surface area contributed by atoms with Gasteiger partial charge in [0.2, 0.25) is 5.82 Å². The lowest BCUT2D eigenvalue weighted by Gasteiger charge is -2.39. The number of hydrogen-bond donors (Lipinski definition) is 1. The zero-order valence-corrected chi connectivity index (χ0v) is 21.7. The van der Waals surface area contributed by atoms with Crippen molar-refractivity contribution in [3.8, 4) is 22.0 Å². The maximum atomic E-state index is 13.1. The lowest BCUT2D eigenvalue weighted by molar-refractivity contribution is -0.159. The molecule has 0 unspecified atom stereocenters.